The van der Waals surface area contributed by atoms with E-state index >= 15 is 0 Å². The summed E-state index contributed by atoms with van der Waals surface area (Å²) in [4.78, 5) is 11.8. The molecule has 1 N–H and O–H groups in total. The summed E-state index contributed by atoms with van der Waals surface area (Å²) in [6, 6.07) is 15.7. The largest absolute Gasteiger partial charge is 0.755 e. The van der Waals surface area contributed by atoms with Gasteiger partial charge in [-0.05, 0) is 23.8 Å². The Morgan fingerprint density at radius 3 is 2.30 bits per heavy atom. The predicted octanol–water partition coefficient (Wildman–Crippen LogP) is 2.79. The van der Waals surface area contributed by atoms with Gasteiger partial charge in [0.2, 0.25) is 0 Å². The molecule has 0 aliphatic heterocycles. The Morgan fingerprint density at radius 1 is 1.05 bits per heavy atom. The standard InChI is InChI=1S/C15H13NO3S/c17-15(13-4-2-1-3-5-13)11-8-12-6-9-14(10-7-12)16-20(18)19/h1-11,16H,(H,18,19)/p-1. The third kappa shape index (κ3) is 4.15. The second-order valence-corrected chi connectivity index (χ2v) is 4.70. The molecule has 0 aromatic heterocycles. The van der Waals surface area contributed by atoms with E-state index in [9.17, 15) is 13.6 Å². The molecule has 0 saturated heterocycles. The number of nitrogens with one attached hydrogen (secondary N) is 1. The molecule has 2 rings (SSSR count). The van der Waals surface area contributed by atoms with Crippen molar-refractivity contribution in [2.45, 2.75) is 0 Å². The van der Waals surface area contributed by atoms with Gasteiger partial charge in [0, 0.05) is 22.5 Å². The molecular weight excluding hydrogens is 274 g/mol. The van der Waals surface area contributed by atoms with E-state index in [1.807, 2.05) is 18.2 Å². The lowest BCUT2D eigenvalue weighted by atomic mass is 10.1. The van der Waals surface area contributed by atoms with E-state index < -0.39 is 11.3 Å². The van der Waals surface area contributed by atoms with Gasteiger partial charge in [0.25, 0.3) is 0 Å². The van der Waals surface area contributed by atoms with E-state index in [-0.39, 0.29) is 5.78 Å². The Balaban J connectivity index is 2.04. The van der Waals surface area contributed by atoms with Crippen LogP contribution in [0.15, 0.2) is 60.7 Å². The van der Waals surface area contributed by atoms with Crippen LogP contribution >= 0.6 is 0 Å². The lowest BCUT2D eigenvalue weighted by Gasteiger charge is -2.07. The lowest BCUT2D eigenvalue weighted by molar-refractivity contribution is 0.104. The molecule has 1 unspecified atom stereocenters. The molecule has 20 heavy (non-hydrogen) atoms. The SMILES string of the molecule is O=C(C=Cc1ccc(NS(=O)[O-])cc1)c1ccccc1. The van der Waals surface area contributed by atoms with Crippen molar-refractivity contribution >= 4 is 28.8 Å². The number of carbonyl (C=O) groups is 1. The fourth-order valence-corrected chi connectivity index (χ4v) is 1.96. The summed E-state index contributed by atoms with van der Waals surface area (Å²) in [5.41, 5.74) is 1.92. The van der Waals surface area contributed by atoms with Crippen LogP contribution in [0.3, 0.4) is 0 Å². The summed E-state index contributed by atoms with van der Waals surface area (Å²) in [5, 5.41) is 0. The first kappa shape index (κ1) is 14.2. The number of carbonyl (C=O) groups excluding carboxylic acids is 1. The number of rotatable bonds is 5. The number of anilines is 1. The fraction of sp³-hybridized carbons (Fsp3) is 0. The van der Waals surface area contributed by atoms with E-state index in [1.54, 1.807) is 42.5 Å². The highest BCUT2D eigenvalue weighted by Crippen LogP contribution is 2.11. The highest BCUT2D eigenvalue weighted by atomic mass is 32.2. The third-order valence-electron chi connectivity index (χ3n) is 2.60. The molecule has 0 radical (unpaired) electrons. The maximum absolute atomic E-state index is 11.8. The summed E-state index contributed by atoms with van der Waals surface area (Å²) >= 11 is -2.33. The van der Waals surface area contributed by atoms with Crippen LogP contribution < -0.4 is 4.72 Å². The zero-order valence-electron chi connectivity index (χ0n) is 10.5. The number of ketones is 1. The number of benzene rings is 2. The minimum atomic E-state index is -2.33. The molecule has 1 atom stereocenters. The molecule has 2 aromatic rings. The predicted molar refractivity (Wildman–Crippen MR) is 78.8 cm³/mol. The molecule has 0 aliphatic carbocycles. The van der Waals surface area contributed by atoms with Crippen LogP contribution in [-0.2, 0) is 11.3 Å². The smallest absolute Gasteiger partial charge is 0.185 e. The van der Waals surface area contributed by atoms with E-state index in [2.05, 4.69) is 4.72 Å². The van der Waals surface area contributed by atoms with Gasteiger partial charge in [-0.25, -0.2) is 0 Å². The van der Waals surface area contributed by atoms with Gasteiger partial charge >= 0.3 is 0 Å². The lowest BCUT2D eigenvalue weighted by Crippen LogP contribution is -2.01. The van der Waals surface area contributed by atoms with Gasteiger partial charge in [0.05, 0.1) is 0 Å². The van der Waals surface area contributed by atoms with Crippen molar-refractivity contribution in [2.24, 2.45) is 0 Å². The van der Waals surface area contributed by atoms with E-state index in [1.165, 1.54) is 6.08 Å². The average molecular weight is 286 g/mol. The molecular formula is C15H12NO3S-. The van der Waals surface area contributed by atoms with Crippen molar-refractivity contribution in [3.63, 3.8) is 0 Å². The summed E-state index contributed by atoms with van der Waals surface area (Å²) in [6.07, 6.45) is 3.18. The zero-order valence-corrected chi connectivity index (χ0v) is 11.3. The molecule has 0 fully saturated rings. The molecule has 0 bridgehead atoms. The van der Waals surface area contributed by atoms with Crippen LogP contribution in [-0.4, -0.2) is 14.5 Å². The van der Waals surface area contributed by atoms with Gasteiger partial charge in [-0.3, -0.25) is 9.00 Å². The first-order chi connectivity index (χ1) is 9.65. The summed E-state index contributed by atoms with van der Waals surface area (Å²) < 4.78 is 23.2. The Bertz CT molecular complexity index is 636. The van der Waals surface area contributed by atoms with Crippen molar-refractivity contribution in [3.05, 3.63) is 71.8 Å². The Labute approximate surface area is 119 Å². The van der Waals surface area contributed by atoms with E-state index in [4.69, 9.17) is 0 Å². The third-order valence-corrected chi connectivity index (χ3v) is 3.00. The second-order valence-electron chi connectivity index (χ2n) is 4.02. The molecule has 2 aromatic carbocycles. The number of hydrogen-bond donors (Lipinski definition) is 1. The molecule has 0 heterocycles. The molecule has 0 saturated carbocycles. The maximum Gasteiger partial charge on any atom is 0.185 e. The van der Waals surface area contributed by atoms with Crippen molar-refractivity contribution in [3.8, 4) is 0 Å². The number of hydrogen-bond acceptors (Lipinski definition) is 3. The van der Waals surface area contributed by atoms with E-state index in [0.717, 1.165) is 5.56 Å². The molecule has 5 heteroatoms. The van der Waals surface area contributed by atoms with Crippen LogP contribution in [0.2, 0.25) is 0 Å². The van der Waals surface area contributed by atoms with Crippen molar-refractivity contribution in [1.82, 2.24) is 0 Å². The van der Waals surface area contributed by atoms with Crippen LogP contribution in [0.1, 0.15) is 15.9 Å². The first-order valence-electron chi connectivity index (χ1n) is 5.88. The van der Waals surface area contributed by atoms with Crippen LogP contribution in [0.4, 0.5) is 5.69 Å². The van der Waals surface area contributed by atoms with Gasteiger partial charge in [-0.2, -0.15) is 0 Å². The van der Waals surface area contributed by atoms with Gasteiger partial charge in [-0.15, -0.1) is 0 Å². The highest BCUT2D eigenvalue weighted by molar-refractivity contribution is 7.80. The molecule has 0 aliphatic rings. The molecule has 102 valence electrons. The van der Waals surface area contributed by atoms with Crippen molar-refractivity contribution in [1.29, 1.82) is 0 Å². The number of allylic oxidation sites excluding steroid dienone is 1. The average Bonchev–Trinajstić information content (AvgIpc) is 2.46. The van der Waals surface area contributed by atoms with Gasteiger partial charge in [0.1, 0.15) is 0 Å². The quantitative estimate of drug-likeness (QED) is 0.522. The Morgan fingerprint density at radius 2 is 1.70 bits per heavy atom. The Kier molecular flexibility index (Phi) is 4.81. The minimum absolute atomic E-state index is 0.0755. The molecule has 0 amide bonds. The Hall–Kier alpha value is -2.24. The molecule has 0 spiro atoms. The highest BCUT2D eigenvalue weighted by Gasteiger charge is 1.99. The van der Waals surface area contributed by atoms with Crippen LogP contribution in [0, 0.1) is 0 Å². The second kappa shape index (κ2) is 6.79. The normalized spacial score (nSPS) is 12.2. The summed E-state index contributed by atoms with van der Waals surface area (Å²) in [6.45, 7) is 0. The summed E-state index contributed by atoms with van der Waals surface area (Å²) in [5.74, 6) is -0.0755. The van der Waals surface area contributed by atoms with Crippen LogP contribution in [0.25, 0.3) is 6.08 Å². The topological polar surface area (TPSA) is 69.2 Å². The minimum Gasteiger partial charge on any atom is -0.755 e. The van der Waals surface area contributed by atoms with Crippen LogP contribution in [0.5, 0.6) is 0 Å². The first-order valence-corrected chi connectivity index (χ1v) is 6.96. The van der Waals surface area contributed by atoms with E-state index in [0.29, 0.717) is 11.3 Å². The van der Waals surface area contributed by atoms with Crippen molar-refractivity contribution in [2.75, 3.05) is 4.72 Å². The fourth-order valence-electron chi connectivity index (χ4n) is 1.63. The zero-order chi connectivity index (χ0) is 14.4. The maximum atomic E-state index is 11.8. The van der Waals surface area contributed by atoms with Gasteiger partial charge in [0.15, 0.2) is 5.78 Å². The van der Waals surface area contributed by atoms with Gasteiger partial charge in [-0.1, -0.05) is 48.5 Å². The molecule has 4 nitrogen and oxygen atoms in total. The monoisotopic (exact) mass is 286 g/mol. The van der Waals surface area contributed by atoms with Crippen molar-refractivity contribution < 1.29 is 13.6 Å². The summed E-state index contributed by atoms with van der Waals surface area (Å²) in [7, 11) is 0. The van der Waals surface area contributed by atoms with Gasteiger partial charge < -0.3 is 9.27 Å².